The van der Waals surface area contributed by atoms with Crippen molar-refractivity contribution in [1.29, 1.82) is 5.41 Å². The number of rotatable bonds is 5. The summed E-state index contributed by atoms with van der Waals surface area (Å²) in [6.45, 7) is 2.60. The van der Waals surface area contributed by atoms with E-state index in [1.165, 1.54) is 0 Å². The van der Waals surface area contributed by atoms with E-state index in [1.54, 1.807) is 7.11 Å². The van der Waals surface area contributed by atoms with Crippen molar-refractivity contribution < 1.29 is 4.74 Å². The van der Waals surface area contributed by atoms with Gasteiger partial charge in [0, 0.05) is 24.8 Å². The SMILES string of the molecule is COc1cccc(CN(C)c2cc(C(=N)N)cc(C)n2)c1. The molecule has 0 spiro atoms. The highest BCUT2D eigenvalue weighted by Gasteiger charge is 2.08. The van der Waals surface area contributed by atoms with Crippen LogP contribution in [0.15, 0.2) is 36.4 Å². The summed E-state index contributed by atoms with van der Waals surface area (Å²) >= 11 is 0. The molecule has 0 aliphatic rings. The zero-order valence-electron chi connectivity index (χ0n) is 12.6. The van der Waals surface area contributed by atoms with E-state index in [0.717, 1.165) is 22.8 Å². The van der Waals surface area contributed by atoms with Crippen LogP contribution in [0.25, 0.3) is 0 Å². The predicted molar refractivity (Wildman–Crippen MR) is 85.1 cm³/mol. The van der Waals surface area contributed by atoms with Gasteiger partial charge in [-0.15, -0.1) is 0 Å². The molecule has 5 nitrogen and oxygen atoms in total. The number of pyridine rings is 1. The number of hydrogen-bond acceptors (Lipinski definition) is 4. The zero-order chi connectivity index (χ0) is 15.4. The Hall–Kier alpha value is -2.56. The van der Waals surface area contributed by atoms with Gasteiger partial charge < -0.3 is 15.4 Å². The minimum Gasteiger partial charge on any atom is -0.497 e. The highest BCUT2D eigenvalue weighted by Crippen LogP contribution is 2.18. The third-order valence-electron chi connectivity index (χ3n) is 3.20. The lowest BCUT2D eigenvalue weighted by Crippen LogP contribution is -2.20. The van der Waals surface area contributed by atoms with Crippen LogP contribution >= 0.6 is 0 Å². The summed E-state index contributed by atoms with van der Waals surface area (Å²) in [6, 6.07) is 11.6. The maximum Gasteiger partial charge on any atom is 0.129 e. The van der Waals surface area contributed by atoms with Gasteiger partial charge in [0.25, 0.3) is 0 Å². The smallest absolute Gasteiger partial charge is 0.129 e. The number of anilines is 1. The Labute approximate surface area is 124 Å². The van der Waals surface area contributed by atoms with E-state index >= 15 is 0 Å². The van der Waals surface area contributed by atoms with Crippen molar-refractivity contribution in [2.45, 2.75) is 13.5 Å². The van der Waals surface area contributed by atoms with Crippen molar-refractivity contribution in [2.75, 3.05) is 19.1 Å². The molecule has 0 aliphatic carbocycles. The molecule has 3 N–H and O–H groups in total. The van der Waals surface area contributed by atoms with Gasteiger partial charge in [0.15, 0.2) is 0 Å². The van der Waals surface area contributed by atoms with E-state index in [2.05, 4.69) is 4.98 Å². The number of aromatic nitrogens is 1. The summed E-state index contributed by atoms with van der Waals surface area (Å²) in [7, 11) is 3.62. The number of nitrogens with zero attached hydrogens (tertiary/aromatic N) is 2. The molecule has 0 radical (unpaired) electrons. The standard InChI is InChI=1S/C16H20N4O/c1-11-7-13(16(17)18)9-15(19-11)20(2)10-12-5-4-6-14(8-12)21-3/h4-9H,10H2,1-3H3,(H3,17,18). The lowest BCUT2D eigenvalue weighted by molar-refractivity contribution is 0.414. The molecule has 21 heavy (non-hydrogen) atoms. The van der Waals surface area contributed by atoms with Gasteiger partial charge in [-0.25, -0.2) is 4.98 Å². The molecule has 5 heteroatoms. The second-order valence-electron chi connectivity index (χ2n) is 4.98. The number of nitrogens with one attached hydrogen (secondary N) is 1. The number of amidine groups is 1. The van der Waals surface area contributed by atoms with E-state index in [1.807, 2.05) is 55.3 Å². The van der Waals surface area contributed by atoms with Crippen LogP contribution in [0.3, 0.4) is 0 Å². The fourth-order valence-electron chi connectivity index (χ4n) is 2.13. The molecule has 1 heterocycles. The quantitative estimate of drug-likeness (QED) is 0.652. The van der Waals surface area contributed by atoms with Crippen molar-refractivity contribution in [3.8, 4) is 5.75 Å². The first-order chi connectivity index (χ1) is 9.99. The summed E-state index contributed by atoms with van der Waals surface area (Å²) in [6.07, 6.45) is 0. The molecule has 0 unspecified atom stereocenters. The molecule has 0 fully saturated rings. The maximum absolute atomic E-state index is 7.56. The van der Waals surface area contributed by atoms with E-state index < -0.39 is 0 Å². The average molecular weight is 284 g/mol. The van der Waals surface area contributed by atoms with Crippen molar-refractivity contribution in [3.05, 3.63) is 53.2 Å². The molecule has 0 aliphatic heterocycles. The van der Waals surface area contributed by atoms with Gasteiger partial charge in [-0.1, -0.05) is 12.1 Å². The van der Waals surface area contributed by atoms with Crippen LogP contribution < -0.4 is 15.4 Å². The molecule has 2 aromatic rings. The van der Waals surface area contributed by atoms with E-state index in [9.17, 15) is 0 Å². The van der Waals surface area contributed by atoms with Gasteiger partial charge in [0.1, 0.15) is 17.4 Å². The first-order valence-corrected chi connectivity index (χ1v) is 6.66. The molecule has 1 aromatic heterocycles. The van der Waals surface area contributed by atoms with E-state index in [0.29, 0.717) is 12.1 Å². The second-order valence-corrected chi connectivity index (χ2v) is 4.98. The van der Waals surface area contributed by atoms with Crippen LogP contribution in [-0.2, 0) is 6.54 Å². The van der Waals surface area contributed by atoms with Gasteiger partial charge in [0.2, 0.25) is 0 Å². The Morgan fingerprint density at radius 1 is 1.33 bits per heavy atom. The summed E-state index contributed by atoms with van der Waals surface area (Å²) < 4.78 is 5.23. The monoisotopic (exact) mass is 284 g/mol. The molecule has 2 rings (SSSR count). The lowest BCUT2D eigenvalue weighted by atomic mass is 10.2. The number of nitrogen functional groups attached to an aromatic ring is 1. The molecule has 0 atom stereocenters. The number of benzene rings is 1. The Bertz CT molecular complexity index is 654. The minimum absolute atomic E-state index is 0.0523. The van der Waals surface area contributed by atoms with Crippen LogP contribution in [0.5, 0.6) is 5.75 Å². The Morgan fingerprint density at radius 2 is 2.10 bits per heavy atom. The minimum atomic E-state index is 0.0523. The molecule has 110 valence electrons. The summed E-state index contributed by atoms with van der Waals surface area (Å²) in [5, 5.41) is 7.56. The first kappa shape index (κ1) is 14.8. The Morgan fingerprint density at radius 3 is 2.76 bits per heavy atom. The van der Waals surface area contributed by atoms with Gasteiger partial charge in [0.05, 0.1) is 7.11 Å². The predicted octanol–water partition coefficient (Wildman–Crippen LogP) is 2.32. The normalized spacial score (nSPS) is 10.2. The largest absolute Gasteiger partial charge is 0.497 e. The molecule has 0 amide bonds. The van der Waals surface area contributed by atoms with Crippen molar-refractivity contribution in [1.82, 2.24) is 4.98 Å². The van der Waals surface area contributed by atoms with Crippen LogP contribution in [0.4, 0.5) is 5.82 Å². The third-order valence-corrected chi connectivity index (χ3v) is 3.20. The number of hydrogen-bond donors (Lipinski definition) is 2. The molecular weight excluding hydrogens is 264 g/mol. The van der Waals surface area contributed by atoms with Crippen LogP contribution in [0.2, 0.25) is 0 Å². The molecular formula is C16H20N4O. The average Bonchev–Trinajstić information content (AvgIpc) is 2.46. The van der Waals surface area contributed by atoms with Crippen LogP contribution in [0.1, 0.15) is 16.8 Å². The fourth-order valence-corrected chi connectivity index (χ4v) is 2.13. The van der Waals surface area contributed by atoms with Crippen molar-refractivity contribution in [3.63, 3.8) is 0 Å². The van der Waals surface area contributed by atoms with Gasteiger partial charge >= 0.3 is 0 Å². The van der Waals surface area contributed by atoms with Gasteiger partial charge in [-0.2, -0.15) is 0 Å². The van der Waals surface area contributed by atoms with Crippen molar-refractivity contribution >= 4 is 11.7 Å². The second kappa shape index (κ2) is 6.26. The van der Waals surface area contributed by atoms with E-state index in [-0.39, 0.29) is 5.84 Å². The number of aryl methyl sites for hydroxylation is 1. The van der Waals surface area contributed by atoms with Crippen LogP contribution in [-0.4, -0.2) is 25.0 Å². The topological polar surface area (TPSA) is 75.2 Å². The number of methoxy groups -OCH3 is 1. The zero-order valence-corrected chi connectivity index (χ0v) is 12.6. The van der Waals surface area contributed by atoms with Gasteiger partial charge in [-0.3, -0.25) is 5.41 Å². The van der Waals surface area contributed by atoms with Gasteiger partial charge in [-0.05, 0) is 36.8 Å². The summed E-state index contributed by atoms with van der Waals surface area (Å²) in [5.74, 6) is 1.68. The molecule has 0 bridgehead atoms. The third kappa shape index (κ3) is 3.72. The molecule has 0 saturated carbocycles. The highest BCUT2D eigenvalue weighted by atomic mass is 16.5. The Kier molecular flexibility index (Phi) is 4.42. The molecule has 0 saturated heterocycles. The van der Waals surface area contributed by atoms with Crippen LogP contribution in [0, 0.1) is 12.3 Å². The highest BCUT2D eigenvalue weighted by molar-refractivity contribution is 5.95. The molecule has 1 aromatic carbocycles. The number of ether oxygens (including phenoxy) is 1. The fraction of sp³-hybridized carbons (Fsp3) is 0.250. The van der Waals surface area contributed by atoms with E-state index in [4.69, 9.17) is 15.9 Å². The maximum atomic E-state index is 7.56. The number of nitrogens with two attached hydrogens (primary N) is 1. The summed E-state index contributed by atoms with van der Waals surface area (Å²) in [4.78, 5) is 6.52. The Balaban J connectivity index is 2.23. The lowest BCUT2D eigenvalue weighted by Gasteiger charge is -2.20. The first-order valence-electron chi connectivity index (χ1n) is 6.66. The van der Waals surface area contributed by atoms with Crippen molar-refractivity contribution in [2.24, 2.45) is 5.73 Å². The summed E-state index contributed by atoms with van der Waals surface area (Å²) in [5.41, 5.74) is 8.22.